The fraction of sp³-hybridized carbons (Fsp3) is 0.167. The molecule has 6 nitrogen and oxygen atoms in total. The number of carbonyl (C=O) groups is 1. The number of ether oxygens (including phenoxy) is 2. The van der Waals surface area contributed by atoms with E-state index in [1.165, 1.54) is 49.5 Å². The van der Waals surface area contributed by atoms with Gasteiger partial charge in [-0.2, -0.15) is 0 Å². The smallest absolute Gasteiger partial charge is 0.257 e. The number of carbonyl (C=O) groups excluding carboxylic acids is 1. The SMILES string of the molecule is COc1ccc(C(=O)Nc2nnc(SCc3cccc(F)c3)s2)cc1OC. The summed E-state index contributed by atoms with van der Waals surface area (Å²) in [7, 11) is 3.04. The lowest BCUT2D eigenvalue weighted by atomic mass is 10.2. The van der Waals surface area contributed by atoms with Gasteiger partial charge in [0.2, 0.25) is 5.13 Å². The molecule has 0 aliphatic carbocycles. The summed E-state index contributed by atoms with van der Waals surface area (Å²) >= 11 is 2.68. The van der Waals surface area contributed by atoms with Crippen LogP contribution in [0.2, 0.25) is 0 Å². The van der Waals surface area contributed by atoms with Crippen molar-refractivity contribution < 1.29 is 18.7 Å². The minimum atomic E-state index is -0.325. The number of benzene rings is 2. The fourth-order valence-corrected chi connectivity index (χ4v) is 3.93. The van der Waals surface area contributed by atoms with Crippen molar-refractivity contribution in [3.8, 4) is 11.5 Å². The van der Waals surface area contributed by atoms with Gasteiger partial charge in [-0.05, 0) is 35.9 Å². The Labute approximate surface area is 163 Å². The van der Waals surface area contributed by atoms with Crippen LogP contribution in [0.25, 0.3) is 0 Å². The fourth-order valence-electron chi connectivity index (χ4n) is 2.24. The van der Waals surface area contributed by atoms with E-state index in [0.29, 0.717) is 32.3 Å². The van der Waals surface area contributed by atoms with Crippen molar-refractivity contribution in [2.75, 3.05) is 19.5 Å². The van der Waals surface area contributed by atoms with Crippen LogP contribution in [0.15, 0.2) is 46.8 Å². The summed E-state index contributed by atoms with van der Waals surface area (Å²) in [5, 5.41) is 11.1. The summed E-state index contributed by atoms with van der Waals surface area (Å²) in [6.45, 7) is 0. The van der Waals surface area contributed by atoms with Crippen LogP contribution in [0, 0.1) is 5.82 Å². The van der Waals surface area contributed by atoms with Crippen LogP contribution in [-0.4, -0.2) is 30.3 Å². The molecular weight excluding hydrogens is 389 g/mol. The predicted molar refractivity (Wildman–Crippen MR) is 103 cm³/mol. The minimum absolute atomic E-state index is 0.270. The van der Waals surface area contributed by atoms with Gasteiger partial charge in [0, 0.05) is 11.3 Å². The molecule has 1 aromatic heterocycles. The van der Waals surface area contributed by atoms with Crippen molar-refractivity contribution in [3.05, 3.63) is 59.4 Å². The van der Waals surface area contributed by atoms with Crippen LogP contribution in [0.1, 0.15) is 15.9 Å². The van der Waals surface area contributed by atoms with Gasteiger partial charge in [0.1, 0.15) is 5.82 Å². The molecule has 1 amide bonds. The van der Waals surface area contributed by atoms with Crippen molar-refractivity contribution in [3.63, 3.8) is 0 Å². The zero-order valence-corrected chi connectivity index (χ0v) is 16.2. The number of halogens is 1. The molecule has 0 fully saturated rings. The second-order valence-electron chi connectivity index (χ2n) is 5.32. The van der Waals surface area contributed by atoms with E-state index in [1.54, 1.807) is 24.3 Å². The number of nitrogens with zero attached hydrogens (tertiary/aromatic N) is 2. The topological polar surface area (TPSA) is 73.3 Å². The van der Waals surface area contributed by atoms with Crippen LogP contribution < -0.4 is 14.8 Å². The molecule has 9 heteroatoms. The predicted octanol–water partition coefficient (Wildman–Crippen LogP) is 4.24. The van der Waals surface area contributed by atoms with Crippen molar-refractivity contribution >= 4 is 34.1 Å². The molecule has 0 saturated heterocycles. The lowest BCUT2D eigenvalue weighted by Gasteiger charge is -2.08. The summed E-state index contributed by atoms with van der Waals surface area (Å²) in [5.41, 5.74) is 1.27. The van der Waals surface area contributed by atoms with E-state index in [2.05, 4.69) is 15.5 Å². The van der Waals surface area contributed by atoms with Crippen molar-refractivity contribution in [2.24, 2.45) is 0 Å². The van der Waals surface area contributed by atoms with Gasteiger partial charge in [-0.15, -0.1) is 10.2 Å². The summed E-state index contributed by atoms with van der Waals surface area (Å²) in [6.07, 6.45) is 0. The molecule has 0 saturated carbocycles. The van der Waals surface area contributed by atoms with Gasteiger partial charge in [-0.3, -0.25) is 10.1 Å². The number of hydrogen-bond donors (Lipinski definition) is 1. The Bertz CT molecular complexity index is 949. The Morgan fingerprint density at radius 3 is 2.70 bits per heavy atom. The molecular formula is C18H16FN3O3S2. The molecule has 0 spiro atoms. The average molecular weight is 405 g/mol. The molecule has 0 atom stereocenters. The first kappa shape index (κ1) is 19.1. The zero-order valence-electron chi connectivity index (χ0n) is 14.6. The first-order valence-corrected chi connectivity index (χ1v) is 9.63. The average Bonchev–Trinajstić information content (AvgIpc) is 3.13. The molecule has 3 rings (SSSR count). The first-order valence-electron chi connectivity index (χ1n) is 7.83. The molecule has 2 aromatic carbocycles. The van der Waals surface area contributed by atoms with Crippen LogP contribution in [0.4, 0.5) is 9.52 Å². The molecule has 0 unspecified atom stereocenters. The Balaban J connectivity index is 1.62. The molecule has 0 aliphatic rings. The van der Waals surface area contributed by atoms with E-state index in [9.17, 15) is 9.18 Å². The third-order valence-corrected chi connectivity index (χ3v) is 5.57. The van der Waals surface area contributed by atoms with Crippen LogP contribution in [0.3, 0.4) is 0 Å². The number of methoxy groups -OCH3 is 2. The quantitative estimate of drug-likeness (QED) is 0.468. The van der Waals surface area contributed by atoms with E-state index >= 15 is 0 Å². The maximum atomic E-state index is 13.2. The molecule has 1 heterocycles. The van der Waals surface area contributed by atoms with Gasteiger partial charge < -0.3 is 9.47 Å². The summed E-state index contributed by atoms with van der Waals surface area (Å²) in [4.78, 5) is 12.4. The molecule has 0 aliphatic heterocycles. The molecule has 140 valence electrons. The number of anilines is 1. The summed E-state index contributed by atoms with van der Waals surface area (Å²) < 4.78 is 24.3. The van der Waals surface area contributed by atoms with Gasteiger partial charge >= 0.3 is 0 Å². The van der Waals surface area contributed by atoms with E-state index in [0.717, 1.165) is 5.56 Å². The van der Waals surface area contributed by atoms with E-state index < -0.39 is 0 Å². The molecule has 1 N–H and O–H groups in total. The van der Waals surface area contributed by atoms with Crippen LogP contribution in [-0.2, 0) is 5.75 Å². The van der Waals surface area contributed by atoms with Crippen molar-refractivity contribution in [1.29, 1.82) is 0 Å². The zero-order chi connectivity index (χ0) is 19.2. The summed E-state index contributed by atoms with van der Waals surface area (Å²) in [5.74, 6) is 0.979. The second kappa shape index (κ2) is 8.83. The standard InChI is InChI=1S/C18H16FN3O3S2/c1-24-14-7-6-12(9-15(14)25-2)16(23)20-17-21-22-18(27-17)26-10-11-4-3-5-13(19)8-11/h3-9H,10H2,1-2H3,(H,20,21,23). The van der Waals surface area contributed by atoms with Gasteiger partial charge in [-0.1, -0.05) is 35.2 Å². The lowest BCUT2D eigenvalue weighted by Crippen LogP contribution is -2.11. The maximum Gasteiger partial charge on any atom is 0.257 e. The second-order valence-corrected chi connectivity index (χ2v) is 7.52. The summed E-state index contributed by atoms with van der Waals surface area (Å²) in [6, 6.07) is 11.3. The highest BCUT2D eigenvalue weighted by atomic mass is 32.2. The highest BCUT2D eigenvalue weighted by Crippen LogP contribution is 2.30. The Hall–Kier alpha value is -2.65. The Kier molecular flexibility index (Phi) is 6.25. The van der Waals surface area contributed by atoms with Gasteiger partial charge in [-0.25, -0.2) is 4.39 Å². The van der Waals surface area contributed by atoms with Gasteiger partial charge in [0.15, 0.2) is 15.8 Å². The van der Waals surface area contributed by atoms with Crippen molar-refractivity contribution in [2.45, 2.75) is 10.1 Å². The number of hydrogen-bond acceptors (Lipinski definition) is 7. The number of rotatable bonds is 7. The van der Waals surface area contributed by atoms with Crippen LogP contribution in [0.5, 0.6) is 11.5 Å². The van der Waals surface area contributed by atoms with E-state index in [-0.39, 0.29) is 11.7 Å². The molecule has 0 bridgehead atoms. The first-order chi connectivity index (χ1) is 13.1. The molecule has 0 radical (unpaired) electrons. The third kappa shape index (κ3) is 4.95. The number of amides is 1. The molecule has 27 heavy (non-hydrogen) atoms. The largest absolute Gasteiger partial charge is 0.493 e. The van der Waals surface area contributed by atoms with Gasteiger partial charge in [0.25, 0.3) is 5.91 Å². The minimum Gasteiger partial charge on any atom is -0.493 e. The Morgan fingerprint density at radius 2 is 1.96 bits per heavy atom. The lowest BCUT2D eigenvalue weighted by molar-refractivity contribution is 0.102. The number of thioether (sulfide) groups is 1. The van der Waals surface area contributed by atoms with Gasteiger partial charge in [0.05, 0.1) is 14.2 Å². The highest BCUT2D eigenvalue weighted by molar-refractivity contribution is 8.00. The number of aromatic nitrogens is 2. The monoisotopic (exact) mass is 405 g/mol. The van der Waals surface area contributed by atoms with E-state index in [1.807, 2.05) is 6.07 Å². The van der Waals surface area contributed by atoms with Crippen molar-refractivity contribution in [1.82, 2.24) is 10.2 Å². The van der Waals surface area contributed by atoms with E-state index in [4.69, 9.17) is 9.47 Å². The Morgan fingerprint density at radius 1 is 1.15 bits per heavy atom. The third-order valence-electron chi connectivity index (χ3n) is 3.52. The van der Waals surface area contributed by atoms with Crippen LogP contribution >= 0.6 is 23.1 Å². The normalized spacial score (nSPS) is 10.5. The highest BCUT2D eigenvalue weighted by Gasteiger charge is 2.13. The number of nitrogens with one attached hydrogen (secondary N) is 1. The molecule has 3 aromatic rings. The maximum absolute atomic E-state index is 13.2.